The van der Waals surface area contributed by atoms with Crippen molar-refractivity contribution in [2.75, 3.05) is 0 Å². The lowest BCUT2D eigenvalue weighted by Gasteiger charge is -2.13. The van der Waals surface area contributed by atoms with Gasteiger partial charge in [0.15, 0.2) is 17.5 Å². The number of fused-ring (bicyclic) bond motifs is 10. The normalized spacial score (nSPS) is 11.8. The van der Waals surface area contributed by atoms with Crippen molar-refractivity contribution >= 4 is 64.8 Å². The Morgan fingerprint density at radius 2 is 0.938 bits per heavy atom. The van der Waals surface area contributed by atoms with Gasteiger partial charge in [-0.05, 0) is 63.3 Å². The van der Waals surface area contributed by atoms with Crippen LogP contribution >= 0.6 is 11.3 Å². The highest BCUT2D eigenvalue weighted by molar-refractivity contribution is 7.18. The smallest absolute Gasteiger partial charge is 0.164 e. The Balaban J connectivity index is 1.22. The van der Waals surface area contributed by atoms with Crippen LogP contribution in [0.2, 0.25) is 0 Å². The highest BCUT2D eigenvalue weighted by Gasteiger charge is 2.21. The summed E-state index contributed by atoms with van der Waals surface area (Å²) in [6.45, 7) is 0. The van der Waals surface area contributed by atoms with Gasteiger partial charge in [-0.1, -0.05) is 115 Å². The Morgan fingerprint density at radius 3 is 1.56 bits per heavy atom. The SMILES string of the molecule is c1ccc(-c2nc(-c3ccccc3)nc(-c3ccc(-n4c5ccc6ccsc6c5c5c6ccccc6c6ccccc6c54)cc3)n2)cc1. The molecule has 48 heavy (non-hydrogen) atoms. The van der Waals surface area contributed by atoms with Gasteiger partial charge in [-0.15, -0.1) is 11.3 Å². The summed E-state index contributed by atoms with van der Waals surface area (Å²) in [5.74, 6) is 1.96. The third kappa shape index (κ3) is 4.11. The van der Waals surface area contributed by atoms with Gasteiger partial charge >= 0.3 is 0 Å². The first-order valence-corrected chi connectivity index (χ1v) is 16.9. The molecule has 5 heteroatoms. The number of nitrogens with zero attached hydrogens (tertiary/aromatic N) is 4. The second-order valence-electron chi connectivity index (χ2n) is 12.0. The van der Waals surface area contributed by atoms with Gasteiger partial charge in [0.25, 0.3) is 0 Å². The number of benzene rings is 7. The second kappa shape index (κ2) is 10.7. The van der Waals surface area contributed by atoms with Gasteiger partial charge in [0.05, 0.1) is 11.0 Å². The lowest BCUT2D eigenvalue weighted by molar-refractivity contribution is 1.07. The average Bonchev–Trinajstić information content (AvgIpc) is 3.79. The van der Waals surface area contributed by atoms with Gasteiger partial charge in [0.2, 0.25) is 0 Å². The molecule has 0 N–H and O–H groups in total. The summed E-state index contributed by atoms with van der Waals surface area (Å²) in [4.78, 5) is 14.8. The van der Waals surface area contributed by atoms with Gasteiger partial charge in [0, 0.05) is 43.2 Å². The molecule has 0 radical (unpaired) electrons. The first kappa shape index (κ1) is 27.0. The van der Waals surface area contributed by atoms with Crippen LogP contribution in [0.15, 0.2) is 157 Å². The Hall–Kier alpha value is -6.17. The molecule has 0 fully saturated rings. The van der Waals surface area contributed by atoms with Gasteiger partial charge in [-0.2, -0.15) is 0 Å². The highest BCUT2D eigenvalue weighted by atomic mass is 32.1. The highest BCUT2D eigenvalue weighted by Crippen LogP contribution is 2.45. The number of thiophene rings is 1. The second-order valence-corrected chi connectivity index (χ2v) is 13.0. The largest absolute Gasteiger partial charge is 0.309 e. The molecule has 0 atom stereocenters. The molecule has 3 heterocycles. The van der Waals surface area contributed by atoms with Gasteiger partial charge < -0.3 is 4.57 Å². The van der Waals surface area contributed by atoms with E-state index in [0.29, 0.717) is 17.5 Å². The standard InChI is InChI=1S/C43H26N4S/c1-3-11-28(12-4-1)41-44-42(29-13-5-2-6-14-29)46-43(45-41)30-19-22-31(23-20-30)47-36-24-21-27-25-26-48-40(27)38(36)37-34-17-9-7-15-32(34)33-16-8-10-18-35(33)39(37)47/h1-26H. The zero-order chi connectivity index (χ0) is 31.6. The molecular weight excluding hydrogens is 605 g/mol. The maximum Gasteiger partial charge on any atom is 0.164 e. The molecule has 7 aromatic carbocycles. The van der Waals surface area contributed by atoms with Crippen molar-refractivity contribution in [2.24, 2.45) is 0 Å². The predicted octanol–water partition coefficient (Wildman–Crippen LogP) is 11.5. The molecule has 0 bridgehead atoms. The van der Waals surface area contributed by atoms with E-state index in [-0.39, 0.29) is 0 Å². The van der Waals surface area contributed by atoms with E-state index in [0.717, 1.165) is 22.4 Å². The minimum atomic E-state index is 0.646. The van der Waals surface area contributed by atoms with Gasteiger partial charge in [0.1, 0.15) is 0 Å². The number of hydrogen-bond donors (Lipinski definition) is 0. The Labute approximate surface area is 280 Å². The van der Waals surface area contributed by atoms with Crippen molar-refractivity contribution in [3.05, 3.63) is 157 Å². The molecule has 0 aliphatic heterocycles. The van der Waals surface area contributed by atoms with E-state index in [1.165, 1.54) is 53.4 Å². The van der Waals surface area contributed by atoms with Crippen LogP contribution in [0, 0.1) is 0 Å². The number of hydrogen-bond acceptors (Lipinski definition) is 4. The number of aromatic nitrogens is 4. The molecule has 4 nitrogen and oxygen atoms in total. The fraction of sp³-hybridized carbons (Fsp3) is 0. The van der Waals surface area contributed by atoms with E-state index in [1.807, 2.05) is 72.0 Å². The van der Waals surface area contributed by atoms with Crippen molar-refractivity contribution in [1.82, 2.24) is 19.5 Å². The summed E-state index contributed by atoms with van der Waals surface area (Å²) in [6.07, 6.45) is 0. The fourth-order valence-corrected chi connectivity index (χ4v) is 8.09. The third-order valence-electron chi connectivity index (χ3n) is 9.30. The molecule has 0 spiro atoms. The van der Waals surface area contributed by atoms with Crippen LogP contribution in [0.5, 0.6) is 0 Å². The van der Waals surface area contributed by atoms with Crippen molar-refractivity contribution in [1.29, 1.82) is 0 Å². The van der Waals surface area contributed by atoms with Crippen LogP contribution in [0.4, 0.5) is 0 Å². The van der Waals surface area contributed by atoms with E-state index in [2.05, 4.69) is 101 Å². The molecular formula is C43H26N4S. The summed E-state index contributed by atoms with van der Waals surface area (Å²) in [6, 6.07) is 53.3. The maximum absolute atomic E-state index is 4.97. The Morgan fingerprint density at radius 1 is 0.417 bits per heavy atom. The summed E-state index contributed by atoms with van der Waals surface area (Å²) in [5, 5.41) is 11.1. The molecule has 0 aliphatic carbocycles. The van der Waals surface area contributed by atoms with E-state index < -0.39 is 0 Å². The minimum absolute atomic E-state index is 0.646. The zero-order valence-electron chi connectivity index (χ0n) is 25.7. The number of rotatable bonds is 4. The molecule has 0 unspecified atom stereocenters. The first-order valence-electron chi connectivity index (χ1n) is 16.0. The predicted molar refractivity (Wildman–Crippen MR) is 201 cm³/mol. The monoisotopic (exact) mass is 630 g/mol. The zero-order valence-corrected chi connectivity index (χ0v) is 26.5. The Bertz CT molecular complexity index is 2760. The van der Waals surface area contributed by atoms with E-state index in [4.69, 9.17) is 15.0 Å². The first-order chi connectivity index (χ1) is 23.8. The van der Waals surface area contributed by atoms with Crippen LogP contribution in [0.3, 0.4) is 0 Å². The molecule has 224 valence electrons. The molecule has 0 saturated carbocycles. The van der Waals surface area contributed by atoms with Crippen molar-refractivity contribution in [3.8, 4) is 39.9 Å². The van der Waals surface area contributed by atoms with E-state index in [9.17, 15) is 0 Å². The van der Waals surface area contributed by atoms with Crippen LogP contribution in [0.25, 0.3) is 93.3 Å². The quantitative estimate of drug-likeness (QED) is 0.182. The van der Waals surface area contributed by atoms with Crippen LogP contribution < -0.4 is 0 Å². The molecule has 0 aliphatic rings. The van der Waals surface area contributed by atoms with E-state index in [1.54, 1.807) is 0 Å². The lowest BCUT2D eigenvalue weighted by atomic mass is 9.96. The summed E-state index contributed by atoms with van der Waals surface area (Å²) < 4.78 is 3.76. The topological polar surface area (TPSA) is 43.6 Å². The van der Waals surface area contributed by atoms with Crippen molar-refractivity contribution in [3.63, 3.8) is 0 Å². The summed E-state index contributed by atoms with van der Waals surface area (Å²) in [5.41, 5.74) is 6.37. The van der Waals surface area contributed by atoms with E-state index >= 15 is 0 Å². The van der Waals surface area contributed by atoms with Crippen molar-refractivity contribution < 1.29 is 0 Å². The van der Waals surface area contributed by atoms with Crippen molar-refractivity contribution in [2.45, 2.75) is 0 Å². The maximum atomic E-state index is 4.97. The summed E-state index contributed by atoms with van der Waals surface area (Å²) >= 11 is 1.82. The molecule has 10 aromatic rings. The average molecular weight is 631 g/mol. The molecule has 10 rings (SSSR count). The molecule has 0 amide bonds. The summed E-state index contributed by atoms with van der Waals surface area (Å²) in [7, 11) is 0. The van der Waals surface area contributed by atoms with Crippen LogP contribution in [-0.4, -0.2) is 19.5 Å². The molecule has 0 saturated heterocycles. The Kier molecular flexibility index (Phi) is 6.01. The molecule has 3 aromatic heterocycles. The van der Waals surface area contributed by atoms with Gasteiger partial charge in [-0.3, -0.25) is 0 Å². The third-order valence-corrected chi connectivity index (χ3v) is 10.3. The minimum Gasteiger partial charge on any atom is -0.309 e. The fourth-order valence-electron chi connectivity index (χ4n) is 7.14. The van der Waals surface area contributed by atoms with Crippen LogP contribution in [-0.2, 0) is 0 Å². The lowest BCUT2D eigenvalue weighted by Crippen LogP contribution is -2.00. The van der Waals surface area contributed by atoms with Crippen LogP contribution in [0.1, 0.15) is 0 Å². The van der Waals surface area contributed by atoms with Gasteiger partial charge in [-0.25, -0.2) is 15.0 Å².